The lowest BCUT2D eigenvalue weighted by atomic mass is 10.2. The summed E-state index contributed by atoms with van der Waals surface area (Å²) >= 11 is 5.79. The van der Waals surface area contributed by atoms with Crippen molar-refractivity contribution in [2.75, 3.05) is 5.32 Å². The lowest BCUT2D eigenvalue weighted by Crippen LogP contribution is -2.34. The van der Waals surface area contributed by atoms with Gasteiger partial charge in [0.15, 0.2) is 0 Å². The summed E-state index contributed by atoms with van der Waals surface area (Å²) in [5.74, 6) is -1.07. The van der Waals surface area contributed by atoms with Gasteiger partial charge < -0.3 is 15.6 Å². The molecule has 0 aliphatic heterocycles. The number of hydrogen-bond acceptors (Lipinski definition) is 4. The second kappa shape index (κ2) is 7.13. The third-order valence-corrected chi connectivity index (χ3v) is 5.63. The Hall–Kier alpha value is -3.11. The second-order valence-corrected chi connectivity index (χ2v) is 7.95. The molecule has 0 saturated carbocycles. The van der Waals surface area contributed by atoms with Gasteiger partial charge in [0.2, 0.25) is 0 Å². The van der Waals surface area contributed by atoms with Gasteiger partial charge in [0.1, 0.15) is 11.5 Å². The van der Waals surface area contributed by atoms with E-state index in [9.17, 15) is 22.4 Å². The monoisotopic (exact) mass is 424 g/mol. The number of benzene rings is 2. The van der Waals surface area contributed by atoms with Crippen molar-refractivity contribution in [3.8, 4) is 0 Å². The molecule has 4 N–H and O–H groups in total. The quantitative estimate of drug-likeness (QED) is 0.595. The van der Waals surface area contributed by atoms with Crippen LogP contribution in [-0.4, -0.2) is 24.9 Å². The number of sulfonamides is 1. The van der Waals surface area contributed by atoms with Crippen LogP contribution in [0.15, 0.2) is 47.4 Å². The molecule has 0 bridgehead atoms. The van der Waals surface area contributed by atoms with Crippen LogP contribution in [-0.2, 0) is 17.1 Å². The van der Waals surface area contributed by atoms with Crippen LogP contribution < -0.4 is 15.8 Å². The highest BCUT2D eigenvalue weighted by atomic mass is 35.5. The van der Waals surface area contributed by atoms with Crippen molar-refractivity contribution in [3.05, 3.63) is 59.0 Å². The fourth-order valence-corrected chi connectivity index (χ4v) is 3.69. The summed E-state index contributed by atoms with van der Waals surface area (Å²) in [7, 11) is -2.44. The van der Waals surface area contributed by atoms with E-state index in [1.165, 1.54) is 42.5 Å². The Balaban J connectivity index is 1.85. The molecule has 3 aromatic rings. The largest absolute Gasteiger partial charge is 0.351 e. The third kappa shape index (κ3) is 3.78. The number of urea groups is 1. The number of carbonyl (C=O) groups excluding carboxylic acids is 2. The van der Waals surface area contributed by atoms with E-state index in [2.05, 4.69) is 5.32 Å². The molecule has 1 heterocycles. The maximum atomic E-state index is 13.6. The summed E-state index contributed by atoms with van der Waals surface area (Å²) in [4.78, 5) is 23.1. The minimum Gasteiger partial charge on any atom is -0.351 e. The number of nitrogens with zero attached hydrogens (tertiary/aromatic N) is 1. The fourth-order valence-electron chi connectivity index (χ4n) is 2.65. The van der Waals surface area contributed by atoms with Gasteiger partial charge in [-0.05, 0) is 42.5 Å². The average Bonchev–Trinajstić information content (AvgIpc) is 2.91. The highest BCUT2D eigenvalue weighted by Crippen LogP contribution is 2.26. The van der Waals surface area contributed by atoms with E-state index in [-0.39, 0.29) is 15.6 Å². The zero-order chi connectivity index (χ0) is 20.6. The number of fused-ring (bicyclic) bond motifs is 1. The zero-order valence-electron chi connectivity index (χ0n) is 14.4. The predicted molar refractivity (Wildman–Crippen MR) is 102 cm³/mol. The first-order chi connectivity index (χ1) is 13.1. The number of amides is 3. The van der Waals surface area contributed by atoms with Crippen molar-refractivity contribution in [3.63, 3.8) is 0 Å². The van der Waals surface area contributed by atoms with Crippen LogP contribution in [0.2, 0.25) is 5.02 Å². The molecule has 28 heavy (non-hydrogen) atoms. The molecule has 0 unspecified atom stereocenters. The SMILES string of the molecule is Cn1c(C(=O)Nc2ccc(S(=O)(=O)NC(N)=O)cc2)cc2cc(F)c(Cl)cc21. The molecule has 0 atom stereocenters. The number of hydrogen-bond donors (Lipinski definition) is 3. The maximum Gasteiger partial charge on any atom is 0.326 e. The Labute approximate surface area is 164 Å². The summed E-state index contributed by atoms with van der Waals surface area (Å²) in [6.07, 6.45) is 0. The van der Waals surface area contributed by atoms with Crippen molar-refractivity contribution < 1.29 is 22.4 Å². The van der Waals surface area contributed by atoms with Gasteiger partial charge in [0.25, 0.3) is 15.9 Å². The number of aryl methyl sites for hydroxylation is 1. The van der Waals surface area contributed by atoms with Crippen molar-refractivity contribution >= 4 is 50.2 Å². The van der Waals surface area contributed by atoms with Gasteiger partial charge in [-0.2, -0.15) is 0 Å². The van der Waals surface area contributed by atoms with Crippen molar-refractivity contribution in [1.82, 2.24) is 9.29 Å². The topological polar surface area (TPSA) is 123 Å². The number of carbonyl (C=O) groups is 2. The number of primary amides is 1. The molecule has 1 aromatic heterocycles. The molecule has 0 spiro atoms. The molecule has 0 aliphatic rings. The molecular weight excluding hydrogens is 411 g/mol. The Morgan fingerprint density at radius 2 is 1.79 bits per heavy atom. The molecule has 0 aliphatic carbocycles. The zero-order valence-corrected chi connectivity index (χ0v) is 15.9. The summed E-state index contributed by atoms with van der Waals surface area (Å²) < 4.78 is 40.5. The predicted octanol–water partition coefficient (Wildman–Crippen LogP) is 2.58. The van der Waals surface area contributed by atoms with Gasteiger partial charge in [-0.15, -0.1) is 0 Å². The molecule has 11 heteroatoms. The van der Waals surface area contributed by atoms with Crippen molar-refractivity contribution in [2.45, 2.75) is 4.90 Å². The van der Waals surface area contributed by atoms with Gasteiger partial charge in [-0.3, -0.25) is 4.79 Å². The molecule has 146 valence electrons. The van der Waals surface area contributed by atoms with E-state index in [0.29, 0.717) is 16.6 Å². The van der Waals surface area contributed by atoms with Crippen LogP contribution in [0.1, 0.15) is 10.5 Å². The number of rotatable bonds is 4. The summed E-state index contributed by atoms with van der Waals surface area (Å²) in [6.45, 7) is 0. The van der Waals surface area contributed by atoms with Crippen LogP contribution in [0.25, 0.3) is 10.9 Å². The van der Waals surface area contributed by atoms with Crippen LogP contribution in [0, 0.1) is 5.82 Å². The first kappa shape index (κ1) is 19.6. The number of nitrogens with one attached hydrogen (secondary N) is 2. The fraction of sp³-hybridized carbons (Fsp3) is 0.0588. The standard InChI is InChI=1S/C17H14ClFN4O4S/c1-23-14-8-12(18)13(19)6-9(14)7-15(23)16(24)21-10-2-4-11(5-3-10)28(26,27)22-17(20)25/h2-8H,1H3,(H,21,24)(H3,20,22,25). The Kier molecular flexibility index (Phi) is 5.01. The molecule has 8 nitrogen and oxygen atoms in total. The summed E-state index contributed by atoms with van der Waals surface area (Å²) in [5.41, 5.74) is 5.97. The number of aromatic nitrogens is 1. The van der Waals surface area contributed by atoms with Crippen LogP contribution in [0.5, 0.6) is 0 Å². The smallest absolute Gasteiger partial charge is 0.326 e. The second-order valence-electron chi connectivity index (χ2n) is 5.86. The minimum absolute atomic E-state index is 0.0537. The van der Waals surface area contributed by atoms with E-state index in [0.717, 1.165) is 0 Å². The molecular formula is C17H14ClFN4O4S. The van der Waals surface area contributed by atoms with E-state index in [1.54, 1.807) is 16.3 Å². The number of anilines is 1. The van der Waals surface area contributed by atoms with E-state index in [4.69, 9.17) is 17.3 Å². The van der Waals surface area contributed by atoms with Crippen LogP contribution in [0.3, 0.4) is 0 Å². The normalized spacial score (nSPS) is 11.4. The lowest BCUT2D eigenvalue weighted by Gasteiger charge is -2.08. The van der Waals surface area contributed by atoms with E-state index in [1.807, 2.05) is 0 Å². The third-order valence-electron chi connectivity index (χ3n) is 3.97. The van der Waals surface area contributed by atoms with Gasteiger partial charge in [0, 0.05) is 18.1 Å². The Bertz CT molecular complexity index is 1210. The van der Waals surface area contributed by atoms with Gasteiger partial charge in [0.05, 0.1) is 15.4 Å². The first-order valence-corrected chi connectivity index (χ1v) is 9.63. The van der Waals surface area contributed by atoms with Crippen LogP contribution >= 0.6 is 11.6 Å². The van der Waals surface area contributed by atoms with Gasteiger partial charge in [-0.1, -0.05) is 11.6 Å². The van der Waals surface area contributed by atoms with E-state index >= 15 is 0 Å². The lowest BCUT2D eigenvalue weighted by molar-refractivity contribution is 0.101. The molecule has 0 fully saturated rings. The van der Waals surface area contributed by atoms with Crippen LogP contribution in [0.4, 0.5) is 14.9 Å². The van der Waals surface area contributed by atoms with E-state index < -0.39 is 27.8 Å². The van der Waals surface area contributed by atoms with Gasteiger partial charge in [-0.25, -0.2) is 22.3 Å². The average molecular weight is 425 g/mol. The van der Waals surface area contributed by atoms with Crippen molar-refractivity contribution in [2.24, 2.45) is 12.8 Å². The first-order valence-electron chi connectivity index (χ1n) is 7.76. The molecule has 3 rings (SSSR count). The Morgan fingerprint density at radius 1 is 1.14 bits per heavy atom. The molecule has 0 saturated heterocycles. The summed E-state index contributed by atoms with van der Waals surface area (Å²) in [5, 5.41) is 3.07. The number of halogens is 2. The van der Waals surface area contributed by atoms with Crippen molar-refractivity contribution in [1.29, 1.82) is 0 Å². The van der Waals surface area contributed by atoms with Gasteiger partial charge >= 0.3 is 6.03 Å². The number of nitrogens with two attached hydrogens (primary N) is 1. The Morgan fingerprint density at radius 3 is 2.39 bits per heavy atom. The minimum atomic E-state index is -4.08. The molecule has 2 aromatic carbocycles. The molecule has 0 radical (unpaired) electrons. The molecule has 3 amide bonds. The summed E-state index contributed by atoms with van der Waals surface area (Å²) in [6, 6.07) is 8.09. The highest BCUT2D eigenvalue weighted by Gasteiger charge is 2.18. The maximum absolute atomic E-state index is 13.6. The highest BCUT2D eigenvalue weighted by molar-refractivity contribution is 7.90.